The summed E-state index contributed by atoms with van der Waals surface area (Å²) in [5.41, 5.74) is 0.591. The Balaban J connectivity index is 2.37. The lowest BCUT2D eigenvalue weighted by Crippen LogP contribution is -2.55. The van der Waals surface area contributed by atoms with Crippen LogP contribution in [0.5, 0.6) is 0 Å². The van der Waals surface area contributed by atoms with Gasteiger partial charge in [0.25, 0.3) is 0 Å². The Kier molecular flexibility index (Phi) is 9.39. The van der Waals surface area contributed by atoms with Gasteiger partial charge in [-0.15, -0.1) is 0 Å². The zero-order chi connectivity index (χ0) is 25.7. The van der Waals surface area contributed by atoms with Gasteiger partial charge in [0, 0.05) is 17.1 Å². The monoisotopic (exact) mass is 527 g/mol. The summed E-state index contributed by atoms with van der Waals surface area (Å²) in [6.07, 6.45) is 1.48. The third-order valence-electron chi connectivity index (χ3n) is 5.01. The number of benzene rings is 2. The second-order valence-electron chi connectivity index (χ2n) is 9.10. The molecule has 0 unspecified atom stereocenters. The molecule has 0 bridgehead atoms. The van der Waals surface area contributed by atoms with Crippen molar-refractivity contribution >= 4 is 50.7 Å². The van der Waals surface area contributed by atoms with Crippen molar-refractivity contribution in [3.63, 3.8) is 0 Å². The van der Waals surface area contributed by atoms with E-state index in [1.165, 1.54) is 23.1 Å². The van der Waals surface area contributed by atoms with Gasteiger partial charge in [0.1, 0.15) is 12.6 Å². The van der Waals surface area contributed by atoms with E-state index >= 15 is 0 Å². The minimum absolute atomic E-state index is 0.0971. The Hall–Kier alpha value is -2.29. The van der Waals surface area contributed by atoms with E-state index in [1.807, 2.05) is 51.1 Å². The summed E-state index contributed by atoms with van der Waals surface area (Å²) in [5.74, 6) is -0.866. The van der Waals surface area contributed by atoms with Crippen LogP contribution in [-0.2, 0) is 26.0 Å². The first-order valence-electron chi connectivity index (χ1n) is 10.8. The third-order valence-corrected chi connectivity index (χ3v) is 6.69. The fourth-order valence-corrected chi connectivity index (χ4v) is 4.61. The number of hydrogen-bond acceptors (Lipinski definition) is 4. The molecule has 0 aliphatic rings. The van der Waals surface area contributed by atoms with Crippen LogP contribution < -0.4 is 9.62 Å². The number of halogens is 2. The van der Waals surface area contributed by atoms with Crippen LogP contribution in [0.2, 0.25) is 10.0 Å². The zero-order valence-electron chi connectivity index (χ0n) is 20.0. The summed E-state index contributed by atoms with van der Waals surface area (Å²) in [6.45, 7) is 6.87. The number of rotatable bonds is 9. The number of hydrogen-bond donors (Lipinski definition) is 1. The Bertz CT molecular complexity index is 1120. The molecule has 0 aliphatic heterocycles. The topological polar surface area (TPSA) is 86.8 Å². The molecule has 0 aromatic heterocycles. The van der Waals surface area contributed by atoms with E-state index in [9.17, 15) is 18.0 Å². The van der Waals surface area contributed by atoms with E-state index in [0.717, 1.165) is 16.1 Å². The number of nitrogens with zero attached hydrogens (tertiary/aromatic N) is 2. The quantitative estimate of drug-likeness (QED) is 0.530. The Morgan fingerprint density at radius 1 is 1.06 bits per heavy atom. The molecular weight excluding hydrogens is 497 g/mol. The lowest BCUT2D eigenvalue weighted by Gasteiger charge is -2.33. The molecule has 0 radical (unpaired) electrons. The number of carbonyl (C=O) groups excluding carboxylic acids is 2. The molecule has 34 heavy (non-hydrogen) atoms. The van der Waals surface area contributed by atoms with Gasteiger partial charge >= 0.3 is 0 Å². The SMILES string of the molecule is C[C@@H](C(=O)NC(C)(C)C)N(CCc1ccccc1)C(=O)CN(c1cc(Cl)ccc1Cl)S(C)(=O)=O. The number of anilines is 1. The molecular formula is C24H31Cl2N3O4S. The van der Waals surface area contributed by atoms with Gasteiger partial charge in [0.15, 0.2) is 0 Å². The highest BCUT2D eigenvalue weighted by molar-refractivity contribution is 7.92. The van der Waals surface area contributed by atoms with E-state index < -0.39 is 34.1 Å². The lowest BCUT2D eigenvalue weighted by molar-refractivity contribution is -0.139. The highest BCUT2D eigenvalue weighted by Gasteiger charge is 2.31. The summed E-state index contributed by atoms with van der Waals surface area (Å²) in [5, 5.41) is 3.29. The van der Waals surface area contributed by atoms with Gasteiger partial charge in [-0.25, -0.2) is 8.42 Å². The molecule has 2 aromatic rings. The molecule has 0 spiro atoms. The molecule has 10 heteroatoms. The van der Waals surface area contributed by atoms with Crippen molar-refractivity contribution in [3.05, 3.63) is 64.1 Å². The second-order valence-corrected chi connectivity index (χ2v) is 11.9. The number of amides is 2. The fourth-order valence-electron chi connectivity index (χ4n) is 3.32. The molecule has 0 fully saturated rings. The van der Waals surface area contributed by atoms with Crippen LogP contribution in [0.25, 0.3) is 0 Å². The molecule has 2 rings (SSSR count). The summed E-state index contributed by atoms with van der Waals surface area (Å²) in [6, 6.07) is 13.1. The Labute approximate surface area is 212 Å². The minimum atomic E-state index is -3.89. The maximum atomic E-state index is 13.5. The normalized spacial score (nSPS) is 12.7. The van der Waals surface area contributed by atoms with E-state index in [-0.39, 0.29) is 28.2 Å². The minimum Gasteiger partial charge on any atom is -0.350 e. The highest BCUT2D eigenvalue weighted by Crippen LogP contribution is 2.30. The van der Waals surface area contributed by atoms with Crippen molar-refractivity contribution in [2.45, 2.75) is 45.7 Å². The van der Waals surface area contributed by atoms with Gasteiger partial charge in [-0.1, -0.05) is 53.5 Å². The van der Waals surface area contributed by atoms with E-state index in [4.69, 9.17) is 23.2 Å². The Morgan fingerprint density at radius 3 is 2.24 bits per heavy atom. The largest absolute Gasteiger partial charge is 0.350 e. The maximum Gasteiger partial charge on any atom is 0.244 e. The molecule has 7 nitrogen and oxygen atoms in total. The van der Waals surface area contributed by atoms with Gasteiger partial charge < -0.3 is 10.2 Å². The first kappa shape index (κ1) is 28.0. The standard InChI is InChI=1S/C24H31Cl2N3O4S/c1-17(23(31)27-24(2,3)4)28(14-13-18-9-7-6-8-10-18)22(30)16-29(34(5,32)33)21-15-19(25)11-12-20(21)26/h6-12,15,17H,13-14,16H2,1-5H3,(H,27,31)/t17-/m0/s1. The van der Waals surface area contributed by atoms with E-state index in [2.05, 4.69) is 5.32 Å². The molecule has 0 heterocycles. The molecule has 0 aliphatic carbocycles. The molecule has 2 amide bonds. The van der Waals surface area contributed by atoms with Gasteiger partial charge in [-0.05, 0) is 57.9 Å². The van der Waals surface area contributed by atoms with Crippen molar-refractivity contribution in [2.24, 2.45) is 0 Å². The summed E-state index contributed by atoms with van der Waals surface area (Å²) < 4.78 is 26.1. The average molecular weight is 529 g/mol. The van der Waals surface area contributed by atoms with Crippen LogP contribution in [0.1, 0.15) is 33.3 Å². The number of sulfonamides is 1. The van der Waals surface area contributed by atoms with Crippen LogP contribution in [0.15, 0.2) is 48.5 Å². The second kappa shape index (κ2) is 11.4. The van der Waals surface area contributed by atoms with Crippen molar-refractivity contribution in [3.8, 4) is 0 Å². The number of nitrogens with one attached hydrogen (secondary N) is 1. The smallest absolute Gasteiger partial charge is 0.244 e. The molecule has 2 aromatic carbocycles. The third kappa shape index (κ3) is 8.18. The predicted octanol–water partition coefficient (Wildman–Crippen LogP) is 4.13. The molecule has 0 saturated carbocycles. The van der Waals surface area contributed by atoms with Crippen LogP contribution in [0, 0.1) is 0 Å². The van der Waals surface area contributed by atoms with Crippen LogP contribution in [0.4, 0.5) is 5.69 Å². The summed E-state index contributed by atoms with van der Waals surface area (Å²) in [4.78, 5) is 27.8. The number of carbonyl (C=O) groups is 2. The van der Waals surface area contributed by atoms with Crippen molar-refractivity contribution in [1.29, 1.82) is 0 Å². The van der Waals surface area contributed by atoms with Crippen molar-refractivity contribution in [1.82, 2.24) is 10.2 Å². The van der Waals surface area contributed by atoms with Crippen molar-refractivity contribution < 1.29 is 18.0 Å². The molecule has 1 N–H and O–H groups in total. The maximum absolute atomic E-state index is 13.5. The summed E-state index contributed by atoms with van der Waals surface area (Å²) in [7, 11) is -3.89. The first-order chi connectivity index (χ1) is 15.7. The van der Waals surface area contributed by atoms with Crippen LogP contribution >= 0.6 is 23.2 Å². The average Bonchev–Trinajstić information content (AvgIpc) is 2.72. The summed E-state index contributed by atoms with van der Waals surface area (Å²) >= 11 is 12.3. The van der Waals surface area contributed by atoms with Gasteiger partial charge in [0.05, 0.1) is 17.0 Å². The Morgan fingerprint density at radius 2 is 1.68 bits per heavy atom. The fraction of sp³-hybridized carbons (Fsp3) is 0.417. The van der Waals surface area contributed by atoms with Gasteiger partial charge in [0.2, 0.25) is 21.8 Å². The highest BCUT2D eigenvalue weighted by atomic mass is 35.5. The lowest BCUT2D eigenvalue weighted by atomic mass is 10.1. The van der Waals surface area contributed by atoms with Crippen molar-refractivity contribution in [2.75, 3.05) is 23.7 Å². The molecule has 1 atom stereocenters. The van der Waals surface area contributed by atoms with Gasteiger partial charge in [-0.2, -0.15) is 0 Å². The van der Waals surface area contributed by atoms with E-state index in [0.29, 0.717) is 6.42 Å². The van der Waals surface area contributed by atoms with Crippen LogP contribution in [-0.4, -0.2) is 56.1 Å². The van der Waals surface area contributed by atoms with E-state index in [1.54, 1.807) is 6.92 Å². The predicted molar refractivity (Wildman–Crippen MR) is 138 cm³/mol. The first-order valence-corrected chi connectivity index (χ1v) is 13.4. The van der Waals surface area contributed by atoms with Crippen LogP contribution in [0.3, 0.4) is 0 Å². The molecule has 0 saturated heterocycles. The van der Waals surface area contributed by atoms with Gasteiger partial charge in [-0.3, -0.25) is 13.9 Å². The zero-order valence-corrected chi connectivity index (χ0v) is 22.3. The molecule has 186 valence electrons.